The van der Waals surface area contributed by atoms with Crippen molar-refractivity contribution in [1.82, 2.24) is 15.5 Å². The molecule has 2 unspecified atom stereocenters. The van der Waals surface area contributed by atoms with Crippen LogP contribution >= 0.6 is 23.1 Å². The molecule has 19 heavy (non-hydrogen) atoms. The summed E-state index contributed by atoms with van der Waals surface area (Å²) in [6.07, 6.45) is 4.36. The summed E-state index contributed by atoms with van der Waals surface area (Å²) in [6, 6.07) is 2.91. The number of aromatic nitrogens is 2. The van der Waals surface area contributed by atoms with E-state index < -0.39 is 0 Å². The van der Waals surface area contributed by atoms with E-state index in [-0.39, 0.29) is 5.54 Å². The Bertz CT molecular complexity index is 426. The second-order valence-corrected chi connectivity index (χ2v) is 7.49. The van der Waals surface area contributed by atoms with Gasteiger partial charge in [-0.15, -0.1) is 10.2 Å². The van der Waals surface area contributed by atoms with Gasteiger partial charge in [-0.25, -0.2) is 0 Å². The van der Waals surface area contributed by atoms with Crippen LogP contribution in [-0.4, -0.2) is 27.5 Å². The minimum absolute atomic E-state index is 0.310. The van der Waals surface area contributed by atoms with Gasteiger partial charge in [0.25, 0.3) is 0 Å². The van der Waals surface area contributed by atoms with Gasteiger partial charge >= 0.3 is 0 Å². The summed E-state index contributed by atoms with van der Waals surface area (Å²) in [7, 11) is 0. The lowest BCUT2D eigenvalue weighted by Gasteiger charge is -2.32. The number of nitriles is 1. The van der Waals surface area contributed by atoms with Crippen molar-refractivity contribution < 1.29 is 0 Å². The number of hydrogen-bond donors (Lipinski definition) is 1. The summed E-state index contributed by atoms with van der Waals surface area (Å²) < 4.78 is 1.03. The van der Waals surface area contributed by atoms with Gasteiger partial charge in [-0.2, -0.15) is 5.26 Å². The molecule has 0 spiro atoms. The third kappa shape index (κ3) is 3.68. The SMILES string of the molecule is CC(C)NC1(C#N)CCCC1CCSc1nncs1. The summed E-state index contributed by atoms with van der Waals surface area (Å²) in [4.78, 5) is 0. The molecule has 1 aromatic heterocycles. The molecule has 6 heteroatoms. The van der Waals surface area contributed by atoms with Gasteiger partial charge in [-0.1, -0.05) is 29.5 Å². The highest BCUT2D eigenvalue weighted by Crippen LogP contribution is 2.39. The molecule has 0 bridgehead atoms. The Kier molecular flexibility index (Phi) is 5.20. The zero-order valence-corrected chi connectivity index (χ0v) is 13.1. The van der Waals surface area contributed by atoms with Crippen LogP contribution in [0.15, 0.2) is 9.85 Å². The third-order valence-corrected chi connectivity index (χ3v) is 5.49. The van der Waals surface area contributed by atoms with E-state index in [1.54, 1.807) is 28.6 Å². The normalized spacial score (nSPS) is 26.7. The Labute approximate surface area is 123 Å². The van der Waals surface area contributed by atoms with E-state index in [0.29, 0.717) is 12.0 Å². The summed E-state index contributed by atoms with van der Waals surface area (Å²) in [6.45, 7) is 4.23. The predicted octanol–water partition coefficient (Wildman–Crippen LogP) is 3.08. The van der Waals surface area contributed by atoms with Gasteiger partial charge in [0.15, 0.2) is 4.34 Å². The summed E-state index contributed by atoms with van der Waals surface area (Å²) in [5.41, 5.74) is 1.45. The Morgan fingerprint density at radius 3 is 3.16 bits per heavy atom. The molecule has 0 saturated heterocycles. The molecular weight excluding hydrogens is 276 g/mol. The summed E-state index contributed by atoms with van der Waals surface area (Å²) >= 11 is 3.33. The molecule has 0 radical (unpaired) electrons. The summed E-state index contributed by atoms with van der Waals surface area (Å²) in [5, 5.41) is 21.0. The maximum absolute atomic E-state index is 9.58. The second-order valence-electron chi connectivity index (χ2n) is 5.31. The zero-order valence-electron chi connectivity index (χ0n) is 11.4. The minimum Gasteiger partial charge on any atom is -0.297 e. The molecule has 0 aromatic carbocycles. The van der Waals surface area contributed by atoms with Gasteiger partial charge in [0.2, 0.25) is 0 Å². The highest BCUT2D eigenvalue weighted by Gasteiger charge is 2.42. The fourth-order valence-corrected chi connectivity index (χ4v) is 4.48. The van der Waals surface area contributed by atoms with Crippen molar-refractivity contribution in [3.63, 3.8) is 0 Å². The van der Waals surface area contributed by atoms with Crippen LogP contribution in [0.25, 0.3) is 0 Å². The van der Waals surface area contributed by atoms with E-state index in [9.17, 15) is 5.26 Å². The van der Waals surface area contributed by atoms with E-state index in [4.69, 9.17) is 0 Å². The Hall–Kier alpha value is -0.640. The number of thioether (sulfide) groups is 1. The van der Waals surface area contributed by atoms with Crippen molar-refractivity contribution in [2.75, 3.05) is 5.75 Å². The van der Waals surface area contributed by atoms with E-state index in [1.165, 1.54) is 0 Å². The lowest BCUT2D eigenvalue weighted by atomic mass is 9.86. The molecule has 1 heterocycles. The molecule has 0 aliphatic heterocycles. The molecule has 104 valence electrons. The molecule has 1 fully saturated rings. The van der Waals surface area contributed by atoms with Crippen molar-refractivity contribution >= 4 is 23.1 Å². The van der Waals surface area contributed by atoms with Gasteiger partial charge in [0.1, 0.15) is 11.0 Å². The van der Waals surface area contributed by atoms with Gasteiger partial charge in [-0.05, 0) is 39.0 Å². The average molecular weight is 296 g/mol. The first kappa shape index (κ1) is 14.8. The van der Waals surface area contributed by atoms with Gasteiger partial charge in [0, 0.05) is 11.8 Å². The molecule has 1 aliphatic rings. The van der Waals surface area contributed by atoms with E-state index in [1.807, 2.05) is 0 Å². The molecule has 0 amide bonds. The third-order valence-electron chi connectivity index (χ3n) is 3.60. The standard InChI is InChI=1S/C13H20N4S2/c1-10(2)16-13(8-14)6-3-4-11(13)5-7-18-12-17-15-9-19-12/h9-11,16H,3-7H2,1-2H3. The zero-order chi connectivity index (χ0) is 13.7. The van der Waals surface area contributed by atoms with Crippen LogP contribution in [0.4, 0.5) is 0 Å². The van der Waals surface area contributed by atoms with Gasteiger partial charge < -0.3 is 0 Å². The molecule has 1 N–H and O–H groups in total. The van der Waals surface area contributed by atoms with Crippen molar-refractivity contribution in [3.05, 3.63) is 5.51 Å². The van der Waals surface area contributed by atoms with E-state index in [2.05, 4.69) is 35.4 Å². The Morgan fingerprint density at radius 2 is 2.53 bits per heavy atom. The van der Waals surface area contributed by atoms with Crippen LogP contribution in [-0.2, 0) is 0 Å². The van der Waals surface area contributed by atoms with E-state index in [0.717, 1.165) is 35.8 Å². The highest BCUT2D eigenvalue weighted by molar-refractivity contribution is 8.00. The maximum Gasteiger partial charge on any atom is 0.174 e. The summed E-state index contributed by atoms with van der Waals surface area (Å²) in [5.74, 6) is 1.48. The van der Waals surface area contributed by atoms with Crippen LogP contribution in [0.2, 0.25) is 0 Å². The number of rotatable bonds is 6. The number of hydrogen-bond acceptors (Lipinski definition) is 6. The fourth-order valence-electron chi connectivity index (χ4n) is 2.87. The van der Waals surface area contributed by atoms with Crippen molar-refractivity contribution in [1.29, 1.82) is 5.26 Å². The molecular formula is C13H20N4S2. The Morgan fingerprint density at radius 1 is 1.68 bits per heavy atom. The maximum atomic E-state index is 9.58. The molecule has 1 aromatic rings. The molecule has 1 aliphatic carbocycles. The van der Waals surface area contributed by atoms with Crippen LogP contribution < -0.4 is 5.32 Å². The number of nitrogens with one attached hydrogen (secondary N) is 1. The smallest absolute Gasteiger partial charge is 0.174 e. The lowest BCUT2D eigenvalue weighted by Crippen LogP contribution is -2.50. The van der Waals surface area contributed by atoms with Crippen molar-refractivity contribution in [2.45, 2.75) is 55.5 Å². The van der Waals surface area contributed by atoms with Crippen LogP contribution in [0.3, 0.4) is 0 Å². The minimum atomic E-state index is -0.310. The molecule has 2 atom stereocenters. The Balaban J connectivity index is 1.89. The topological polar surface area (TPSA) is 61.6 Å². The van der Waals surface area contributed by atoms with Crippen LogP contribution in [0, 0.1) is 17.2 Å². The molecule has 4 nitrogen and oxygen atoms in total. The van der Waals surface area contributed by atoms with Gasteiger partial charge in [-0.3, -0.25) is 5.32 Å². The van der Waals surface area contributed by atoms with Crippen molar-refractivity contribution in [3.8, 4) is 6.07 Å². The first-order valence-corrected chi connectivity index (χ1v) is 8.61. The van der Waals surface area contributed by atoms with E-state index >= 15 is 0 Å². The second kappa shape index (κ2) is 6.69. The van der Waals surface area contributed by atoms with Crippen molar-refractivity contribution in [2.24, 2.45) is 5.92 Å². The first-order valence-electron chi connectivity index (χ1n) is 6.74. The molecule has 2 rings (SSSR count). The van der Waals surface area contributed by atoms with Crippen LogP contribution in [0.1, 0.15) is 39.5 Å². The quantitative estimate of drug-likeness (QED) is 0.817. The first-order chi connectivity index (χ1) is 9.16. The number of nitrogens with zero attached hydrogens (tertiary/aromatic N) is 3. The predicted molar refractivity (Wildman–Crippen MR) is 79.2 cm³/mol. The van der Waals surface area contributed by atoms with Gasteiger partial charge in [0.05, 0.1) is 6.07 Å². The lowest BCUT2D eigenvalue weighted by molar-refractivity contribution is 0.289. The monoisotopic (exact) mass is 296 g/mol. The molecule has 1 saturated carbocycles. The van der Waals surface area contributed by atoms with Crippen LogP contribution in [0.5, 0.6) is 0 Å². The highest BCUT2D eigenvalue weighted by atomic mass is 32.2. The average Bonchev–Trinajstić information content (AvgIpc) is 3.00. The largest absolute Gasteiger partial charge is 0.297 e. The fraction of sp³-hybridized carbons (Fsp3) is 0.769.